The van der Waals surface area contributed by atoms with Crippen molar-refractivity contribution in [1.29, 1.82) is 0 Å². The summed E-state index contributed by atoms with van der Waals surface area (Å²) >= 11 is 0. The minimum Gasteiger partial charge on any atom is -0.491 e. The van der Waals surface area contributed by atoms with Crippen molar-refractivity contribution in [2.45, 2.75) is 26.1 Å². The maximum Gasteiger partial charge on any atom is 0.433 e. The summed E-state index contributed by atoms with van der Waals surface area (Å²) in [4.78, 5) is 8.18. The Morgan fingerprint density at radius 3 is 2.83 bits per heavy atom. The summed E-state index contributed by atoms with van der Waals surface area (Å²) in [6, 6.07) is 0.875. The number of alkyl halides is 3. The second-order valence-corrected chi connectivity index (χ2v) is 8.09. The highest BCUT2D eigenvalue weighted by molar-refractivity contribution is 7.89. The first-order valence-electron chi connectivity index (χ1n) is 8.88. The first kappa shape index (κ1) is 21.3. The summed E-state index contributed by atoms with van der Waals surface area (Å²) in [5.74, 6) is 0.963. The molecule has 1 aliphatic heterocycles. The number of fused-ring (bicyclic) bond motifs is 1. The Kier molecular flexibility index (Phi) is 6.27. The smallest absolute Gasteiger partial charge is 0.433 e. The third kappa shape index (κ3) is 4.78. The SMILES string of the molecule is CCS(=O)C1=C(c2cn3cnc(C(F)(F)F)cc3n2)NCC(OC(C)COC)=C1. The molecule has 3 rings (SSSR count). The number of rotatable bonds is 7. The molecule has 29 heavy (non-hydrogen) atoms. The van der Waals surface area contributed by atoms with Crippen molar-refractivity contribution in [1.82, 2.24) is 19.7 Å². The molecule has 11 heteroatoms. The molecular weight excluding hydrogens is 409 g/mol. The Balaban J connectivity index is 2.01. The number of hydrogen-bond donors (Lipinski definition) is 1. The molecule has 0 radical (unpaired) electrons. The Morgan fingerprint density at radius 1 is 1.41 bits per heavy atom. The van der Waals surface area contributed by atoms with E-state index in [0.717, 1.165) is 12.4 Å². The average molecular weight is 430 g/mol. The highest BCUT2D eigenvalue weighted by atomic mass is 32.2. The van der Waals surface area contributed by atoms with Gasteiger partial charge in [0.05, 0.1) is 34.6 Å². The summed E-state index contributed by atoms with van der Waals surface area (Å²) in [5, 5.41) is 3.14. The minimum atomic E-state index is -4.56. The van der Waals surface area contributed by atoms with E-state index in [2.05, 4.69) is 15.3 Å². The number of nitrogens with zero attached hydrogens (tertiary/aromatic N) is 3. The van der Waals surface area contributed by atoms with E-state index in [9.17, 15) is 17.4 Å². The van der Waals surface area contributed by atoms with E-state index in [-0.39, 0.29) is 11.8 Å². The van der Waals surface area contributed by atoms with Crippen molar-refractivity contribution in [2.75, 3.05) is 26.0 Å². The number of nitrogens with one attached hydrogen (secondary N) is 1. The summed E-state index contributed by atoms with van der Waals surface area (Å²) < 4.78 is 63.5. The number of ether oxygens (including phenoxy) is 2. The molecule has 0 saturated carbocycles. The Bertz CT molecular complexity index is 984. The van der Waals surface area contributed by atoms with Crippen molar-refractivity contribution in [3.63, 3.8) is 0 Å². The van der Waals surface area contributed by atoms with Crippen LogP contribution in [-0.4, -0.2) is 50.7 Å². The first-order valence-corrected chi connectivity index (χ1v) is 10.2. The molecule has 0 amide bonds. The van der Waals surface area contributed by atoms with Gasteiger partial charge in [0.1, 0.15) is 35.2 Å². The molecule has 1 N–H and O–H groups in total. The van der Waals surface area contributed by atoms with Gasteiger partial charge >= 0.3 is 6.18 Å². The zero-order valence-corrected chi connectivity index (χ0v) is 16.9. The maximum absolute atomic E-state index is 12.9. The van der Waals surface area contributed by atoms with Gasteiger partial charge in [0.2, 0.25) is 0 Å². The van der Waals surface area contributed by atoms with Crippen LogP contribution in [0.4, 0.5) is 13.2 Å². The van der Waals surface area contributed by atoms with E-state index in [1.165, 1.54) is 4.40 Å². The summed E-state index contributed by atoms with van der Waals surface area (Å²) in [5.41, 5.74) is -0.0526. The van der Waals surface area contributed by atoms with Crippen LogP contribution in [0, 0.1) is 0 Å². The molecule has 7 nitrogen and oxygen atoms in total. The second kappa shape index (κ2) is 8.54. The molecule has 1 aliphatic rings. The molecule has 0 spiro atoms. The maximum atomic E-state index is 12.9. The van der Waals surface area contributed by atoms with E-state index in [1.54, 1.807) is 26.3 Å². The molecule has 0 bridgehead atoms. The van der Waals surface area contributed by atoms with Crippen molar-refractivity contribution in [3.05, 3.63) is 46.7 Å². The second-order valence-electron chi connectivity index (χ2n) is 6.38. The largest absolute Gasteiger partial charge is 0.491 e. The number of dihydropyridines is 1. The van der Waals surface area contributed by atoms with Crippen LogP contribution in [0.3, 0.4) is 0 Å². The number of hydrogen-bond acceptors (Lipinski definition) is 6. The predicted molar refractivity (Wildman–Crippen MR) is 102 cm³/mol. The van der Waals surface area contributed by atoms with Crippen molar-refractivity contribution >= 4 is 22.1 Å². The number of methoxy groups -OCH3 is 1. The van der Waals surface area contributed by atoms with Gasteiger partial charge in [-0.05, 0) is 13.0 Å². The predicted octanol–water partition coefficient (Wildman–Crippen LogP) is 2.72. The van der Waals surface area contributed by atoms with Crippen molar-refractivity contribution in [3.8, 4) is 0 Å². The van der Waals surface area contributed by atoms with Gasteiger partial charge < -0.3 is 14.8 Å². The number of halogens is 3. The Hall–Kier alpha value is -2.40. The van der Waals surface area contributed by atoms with Crippen LogP contribution in [0.1, 0.15) is 25.2 Å². The molecule has 0 aromatic carbocycles. The van der Waals surface area contributed by atoms with E-state index in [1.807, 2.05) is 6.92 Å². The van der Waals surface area contributed by atoms with Gasteiger partial charge in [0.25, 0.3) is 0 Å². The lowest BCUT2D eigenvalue weighted by molar-refractivity contribution is -0.141. The normalized spacial score (nSPS) is 17.1. The Labute approximate surface area is 168 Å². The van der Waals surface area contributed by atoms with Crippen molar-refractivity contribution < 1.29 is 26.9 Å². The van der Waals surface area contributed by atoms with E-state index < -0.39 is 22.7 Å². The van der Waals surface area contributed by atoms with Crippen LogP contribution in [0.15, 0.2) is 35.3 Å². The topological polar surface area (TPSA) is 77.8 Å². The highest BCUT2D eigenvalue weighted by Crippen LogP contribution is 2.29. The zero-order chi connectivity index (χ0) is 21.2. The molecule has 2 unspecified atom stereocenters. The third-order valence-electron chi connectivity index (χ3n) is 4.13. The van der Waals surface area contributed by atoms with Crippen LogP contribution in [0.25, 0.3) is 11.3 Å². The number of imidazole rings is 1. The van der Waals surface area contributed by atoms with Crippen LogP contribution in [0.5, 0.6) is 0 Å². The summed E-state index contributed by atoms with van der Waals surface area (Å²) in [6.07, 6.45) is -0.441. The standard InChI is InChI=1S/C18H21F3N4O3S/c1-4-29(26)14-5-12(28-11(2)9-27-3)7-22-17(14)13-8-25-10-23-15(18(19,20)21)6-16(25)24-13/h5-6,8,10-11,22H,4,7,9H2,1-3H3. The van der Waals surface area contributed by atoms with Gasteiger partial charge in [-0.2, -0.15) is 13.2 Å². The Morgan fingerprint density at radius 2 is 2.17 bits per heavy atom. The quantitative estimate of drug-likeness (QED) is 0.728. The van der Waals surface area contributed by atoms with Crippen LogP contribution in [-0.2, 0) is 26.4 Å². The molecule has 2 atom stereocenters. The van der Waals surface area contributed by atoms with Gasteiger partial charge in [0.15, 0.2) is 0 Å². The molecular formula is C18H21F3N4O3S. The molecule has 0 saturated heterocycles. The molecule has 3 heterocycles. The van der Waals surface area contributed by atoms with Gasteiger partial charge in [-0.25, -0.2) is 9.97 Å². The van der Waals surface area contributed by atoms with E-state index >= 15 is 0 Å². The van der Waals surface area contributed by atoms with Gasteiger partial charge in [0, 0.05) is 25.1 Å². The number of allylic oxidation sites excluding steroid dienone is 1. The average Bonchev–Trinajstić information content (AvgIpc) is 3.09. The zero-order valence-electron chi connectivity index (χ0n) is 16.1. The minimum absolute atomic E-state index is 0.0954. The summed E-state index contributed by atoms with van der Waals surface area (Å²) in [7, 11) is 0.236. The lowest BCUT2D eigenvalue weighted by Crippen LogP contribution is -2.27. The fraction of sp³-hybridized carbons (Fsp3) is 0.444. The van der Waals surface area contributed by atoms with Gasteiger partial charge in [-0.1, -0.05) is 6.92 Å². The molecule has 0 fully saturated rings. The van der Waals surface area contributed by atoms with E-state index in [0.29, 0.717) is 41.0 Å². The van der Waals surface area contributed by atoms with Crippen LogP contribution in [0.2, 0.25) is 0 Å². The van der Waals surface area contributed by atoms with Crippen LogP contribution < -0.4 is 5.32 Å². The van der Waals surface area contributed by atoms with Crippen LogP contribution >= 0.6 is 0 Å². The molecule has 158 valence electrons. The van der Waals surface area contributed by atoms with Gasteiger partial charge in [-0.3, -0.25) is 8.61 Å². The molecule has 0 aliphatic carbocycles. The fourth-order valence-corrected chi connectivity index (χ4v) is 3.83. The lowest BCUT2D eigenvalue weighted by atomic mass is 10.2. The molecule has 2 aromatic heterocycles. The highest BCUT2D eigenvalue weighted by Gasteiger charge is 2.33. The third-order valence-corrected chi connectivity index (χ3v) is 5.47. The number of aromatic nitrogens is 3. The van der Waals surface area contributed by atoms with E-state index in [4.69, 9.17) is 9.47 Å². The van der Waals surface area contributed by atoms with Crippen molar-refractivity contribution in [2.24, 2.45) is 0 Å². The van der Waals surface area contributed by atoms with Gasteiger partial charge in [-0.15, -0.1) is 0 Å². The monoisotopic (exact) mass is 430 g/mol. The summed E-state index contributed by atoms with van der Waals surface area (Å²) in [6.45, 7) is 4.36. The lowest BCUT2D eigenvalue weighted by Gasteiger charge is -2.23. The first-order chi connectivity index (χ1) is 13.7. The fourth-order valence-electron chi connectivity index (χ4n) is 2.85. The molecule has 2 aromatic rings.